The summed E-state index contributed by atoms with van der Waals surface area (Å²) in [4.78, 5) is 4.28. The highest BCUT2D eigenvalue weighted by molar-refractivity contribution is 5.96. The minimum Gasteiger partial charge on any atom is -0.444 e. The van der Waals surface area contributed by atoms with Crippen molar-refractivity contribution in [2.24, 2.45) is 0 Å². The first-order chi connectivity index (χ1) is 8.90. The van der Waals surface area contributed by atoms with E-state index in [1.54, 1.807) is 12.5 Å². The van der Waals surface area contributed by atoms with Gasteiger partial charge in [-0.2, -0.15) is 0 Å². The minimum atomic E-state index is 0.670. The number of hydrogen-bond donors (Lipinski definition) is 0. The summed E-state index contributed by atoms with van der Waals surface area (Å²) in [5.74, 6) is 0.670. The lowest BCUT2D eigenvalue weighted by Gasteiger charge is -2.08. The highest BCUT2D eigenvalue weighted by atomic mass is 16.3. The first-order valence-electron chi connectivity index (χ1n) is 5.91. The molecular formula is C16H13NO. The number of oxazole rings is 1. The number of benzene rings is 2. The highest BCUT2D eigenvalue weighted by Crippen LogP contribution is 2.31. The Hall–Kier alpha value is -2.35. The molecule has 0 saturated heterocycles. The van der Waals surface area contributed by atoms with Gasteiger partial charge in [0.25, 0.3) is 0 Å². The first kappa shape index (κ1) is 10.8. The zero-order valence-corrected chi connectivity index (χ0v) is 9.97. The fourth-order valence-corrected chi connectivity index (χ4v) is 2.24. The monoisotopic (exact) mass is 235 g/mol. The van der Waals surface area contributed by atoms with Crippen molar-refractivity contribution in [2.45, 2.75) is 6.42 Å². The fraction of sp³-hybridized carbons (Fsp3) is 0.0625. The van der Waals surface area contributed by atoms with E-state index in [0.717, 1.165) is 12.0 Å². The van der Waals surface area contributed by atoms with Crippen molar-refractivity contribution in [1.82, 2.24) is 4.98 Å². The molecule has 2 nitrogen and oxygen atoms in total. The molecule has 0 unspecified atom stereocenters. The summed E-state index contributed by atoms with van der Waals surface area (Å²) in [5.41, 5.74) is 2.25. The zero-order chi connectivity index (χ0) is 12.4. The van der Waals surface area contributed by atoms with E-state index in [2.05, 4.69) is 35.8 Å². The zero-order valence-electron chi connectivity index (χ0n) is 9.97. The van der Waals surface area contributed by atoms with Crippen LogP contribution in [0.5, 0.6) is 0 Å². The molecule has 0 aliphatic carbocycles. The SMILES string of the molecule is C=CCc1ccc2ccccc2c1-c1ncco1. The molecule has 0 radical (unpaired) electrons. The Bertz CT molecular complexity index is 683. The summed E-state index contributed by atoms with van der Waals surface area (Å²) in [5, 5.41) is 2.36. The van der Waals surface area contributed by atoms with E-state index in [1.807, 2.05) is 18.2 Å². The van der Waals surface area contributed by atoms with Crippen LogP contribution < -0.4 is 0 Å². The smallest absolute Gasteiger partial charge is 0.226 e. The third kappa shape index (κ3) is 1.72. The first-order valence-corrected chi connectivity index (χ1v) is 5.91. The largest absolute Gasteiger partial charge is 0.444 e. The van der Waals surface area contributed by atoms with Gasteiger partial charge in [-0.15, -0.1) is 6.58 Å². The summed E-state index contributed by atoms with van der Waals surface area (Å²) in [7, 11) is 0. The molecule has 0 amide bonds. The molecule has 0 aliphatic rings. The predicted octanol–water partition coefficient (Wildman–Crippen LogP) is 4.22. The van der Waals surface area contributed by atoms with Gasteiger partial charge in [0.1, 0.15) is 6.26 Å². The Morgan fingerprint density at radius 3 is 2.83 bits per heavy atom. The lowest BCUT2D eigenvalue weighted by molar-refractivity contribution is 0.574. The van der Waals surface area contributed by atoms with E-state index in [0.29, 0.717) is 5.89 Å². The van der Waals surface area contributed by atoms with Gasteiger partial charge in [0.15, 0.2) is 0 Å². The number of rotatable bonds is 3. The summed E-state index contributed by atoms with van der Waals surface area (Å²) in [6.07, 6.45) is 5.99. The molecule has 88 valence electrons. The molecule has 0 bridgehead atoms. The molecule has 3 aromatic rings. The van der Waals surface area contributed by atoms with Gasteiger partial charge in [-0.25, -0.2) is 4.98 Å². The molecule has 2 heteroatoms. The molecule has 0 saturated carbocycles. The maximum Gasteiger partial charge on any atom is 0.226 e. The molecule has 3 rings (SSSR count). The van der Waals surface area contributed by atoms with Gasteiger partial charge < -0.3 is 4.42 Å². The van der Waals surface area contributed by atoms with Crippen molar-refractivity contribution in [3.63, 3.8) is 0 Å². The number of nitrogens with zero attached hydrogens (tertiary/aromatic N) is 1. The topological polar surface area (TPSA) is 26.0 Å². The van der Waals surface area contributed by atoms with Crippen LogP contribution in [0, 0.1) is 0 Å². The van der Waals surface area contributed by atoms with E-state index in [1.165, 1.54) is 16.3 Å². The number of aromatic nitrogens is 1. The van der Waals surface area contributed by atoms with Gasteiger partial charge >= 0.3 is 0 Å². The van der Waals surface area contributed by atoms with E-state index < -0.39 is 0 Å². The van der Waals surface area contributed by atoms with Crippen molar-refractivity contribution in [2.75, 3.05) is 0 Å². The quantitative estimate of drug-likeness (QED) is 0.635. The van der Waals surface area contributed by atoms with Crippen molar-refractivity contribution in [1.29, 1.82) is 0 Å². The maximum atomic E-state index is 5.47. The van der Waals surface area contributed by atoms with Crippen LogP contribution in [-0.2, 0) is 6.42 Å². The molecular weight excluding hydrogens is 222 g/mol. The molecule has 0 N–H and O–H groups in total. The number of allylic oxidation sites excluding steroid dienone is 1. The average Bonchev–Trinajstić information content (AvgIpc) is 2.92. The second-order valence-corrected chi connectivity index (χ2v) is 4.15. The molecule has 1 heterocycles. The lowest BCUT2D eigenvalue weighted by atomic mass is 9.97. The highest BCUT2D eigenvalue weighted by Gasteiger charge is 2.12. The van der Waals surface area contributed by atoms with Gasteiger partial charge in [-0.05, 0) is 22.8 Å². The fourth-order valence-electron chi connectivity index (χ4n) is 2.24. The van der Waals surface area contributed by atoms with Crippen LogP contribution in [-0.4, -0.2) is 4.98 Å². The van der Waals surface area contributed by atoms with Crippen LogP contribution in [0.25, 0.3) is 22.2 Å². The number of hydrogen-bond acceptors (Lipinski definition) is 2. The van der Waals surface area contributed by atoms with Gasteiger partial charge in [0.2, 0.25) is 5.89 Å². The van der Waals surface area contributed by atoms with E-state index in [9.17, 15) is 0 Å². The minimum absolute atomic E-state index is 0.670. The summed E-state index contributed by atoms with van der Waals surface area (Å²) in [6.45, 7) is 3.81. The van der Waals surface area contributed by atoms with Crippen LogP contribution >= 0.6 is 0 Å². The predicted molar refractivity (Wildman–Crippen MR) is 73.3 cm³/mol. The van der Waals surface area contributed by atoms with E-state index >= 15 is 0 Å². The van der Waals surface area contributed by atoms with Gasteiger partial charge in [-0.3, -0.25) is 0 Å². The molecule has 0 spiro atoms. The third-order valence-electron chi connectivity index (χ3n) is 3.03. The van der Waals surface area contributed by atoms with Gasteiger partial charge in [0.05, 0.1) is 6.20 Å². The Balaban J connectivity index is 2.35. The molecule has 0 atom stereocenters. The Morgan fingerprint density at radius 1 is 1.17 bits per heavy atom. The Morgan fingerprint density at radius 2 is 2.06 bits per heavy atom. The Kier molecular flexibility index (Phi) is 2.69. The molecule has 18 heavy (non-hydrogen) atoms. The van der Waals surface area contributed by atoms with Crippen LogP contribution in [0.2, 0.25) is 0 Å². The molecule has 0 fully saturated rings. The molecule has 0 aliphatic heterocycles. The van der Waals surface area contributed by atoms with Crippen LogP contribution in [0.1, 0.15) is 5.56 Å². The molecule has 2 aromatic carbocycles. The second kappa shape index (κ2) is 4.49. The third-order valence-corrected chi connectivity index (χ3v) is 3.03. The Labute approximate surface area is 106 Å². The van der Waals surface area contributed by atoms with Gasteiger partial charge in [0, 0.05) is 5.56 Å². The van der Waals surface area contributed by atoms with Gasteiger partial charge in [-0.1, -0.05) is 42.5 Å². The van der Waals surface area contributed by atoms with Crippen LogP contribution in [0.3, 0.4) is 0 Å². The van der Waals surface area contributed by atoms with Crippen molar-refractivity contribution in [3.8, 4) is 11.5 Å². The van der Waals surface area contributed by atoms with Crippen molar-refractivity contribution >= 4 is 10.8 Å². The van der Waals surface area contributed by atoms with E-state index in [-0.39, 0.29) is 0 Å². The average molecular weight is 235 g/mol. The van der Waals surface area contributed by atoms with Crippen LogP contribution in [0.4, 0.5) is 0 Å². The van der Waals surface area contributed by atoms with E-state index in [4.69, 9.17) is 4.42 Å². The molecule has 1 aromatic heterocycles. The summed E-state index contributed by atoms with van der Waals surface area (Å²) >= 11 is 0. The second-order valence-electron chi connectivity index (χ2n) is 4.15. The van der Waals surface area contributed by atoms with Crippen molar-refractivity contribution < 1.29 is 4.42 Å². The van der Waals surface area contributed by atoms with Crippen molar-refractivity contribution in [3.05, 3.63) is 67.1 Å². The normalized spacial score (nSPS) is 10.7. The standard InChI is InChI=1S/C16H13NO/c1-2-5-13-9-8-12-6-3-4-7-14(12)15(13)16-17-10-11-18-16/h2-4,6-11H,1,5H2. The van der Waals surface area contributed by atoms with Crippen LogP contribution in [0.15, 0.2) is 65.9 Å². The summed E-state index contributed by atoms with van der Waals surface area (Å²) in [6, 6.07) is 12.5. The summed E-state index contributed by atoms with van der Waals surface area (Å²) < 4.78 is 5.47. The number of fused-ring (bicyclic) bond motifs is 1. The lowest BCUT2D eigenvalue weighted by Crippen LogP contribution is -1.90. The maximum absolute atomic E-state index is 5.47.